The van der Waals surface area contributed by atoms with Gasteiger partial charge in [-0.2, -0.15) is 0 Å². The summed E-state index contributed by atoms with van der Waals surface area (Å²) in [6.07, 6.45) is 0. The molecule has 0 saturated heterocycles. The minimum atomic E-state index is -0.734. The molecule has 0 heterocycles. The highest BCUT2D eigenvalue weighted by molar-refractivity contribution is 9.10. The summed E-state index contributed by atoms with van der Waals surface area (Å²) >= 11 is 9.13. The molecule has 1 rings (SSSR count). The lowest BCUT2D eigenvalue weighted by molar-refractivity contribution is -0.119. The van der Waals surface area contributed by atoms with Crippen molar-refractivity contribution < 1.29 is 9.59 Å². The zero-order valence-electron chi connectivity index (χ0n) is 8.46. The number of rotatable bonds is 3. The van der Waals surface area contributed by atoms with Crippen LogP contribution < -0.4 is 11.1 Å². The van der Waals surface area contributed by atoms with Gasteiger partial charge in [-0.1, -0.05) is 17.7 Å². The molecule has 0 aromatic heterocycles. The fourth-order valence-corrected chi connectivity index (χ4v) is 1.60. The van der Waals surface area contributed by atoms with Gasteiger partial charge in [-0.25, -0.2) is 0 Å². The standard InChI is InChI=1S/C10H10BrClN2O2/c1-5(9(13)15)14-10(16)6-3-2-4-7(11)8(6)12/h2-5H,1H3,(H2,13,15)(H,14,16)/t5-/m0/s1. The van der Waals surface area contributed by atoms with E-state index in [1.165, 1.54) is 6.92 Å². The van der Waals surface area contributed by atoms with E-state index in [1.54, 1.807) is 18.2 Å². The topological polar surface area (TPSA) is 72.2 Å². The van der Waals surface area contributed by atoms with Crippen LogP contribution in [0.4, 0.5) is 0 Å². The van der Waals surface area contributed by atoms with Gasteiger partial charge in [0.2, 0.25) is 5.91 Å². The molecule has 0 fully saturated rings. The third-order valence-electron chi connectivity index (χ3n) is 1.97. The third kappa shape index (κ3) is 2.96. The van der Waals surface area contributed by atoms with Crippen LogP contribution in [-0.2, 0) is 4.79 Å². The van der Waals surface area contributed by atoms with Crippen molar-refractivity contribution >= 4 is 39.3 Å². The number of carbonyl (C=O) groups is 2. The van der Waals surface area contributed by atoms with E-state index in [0.717, 1.165) is 0 Å². The van der Waals surface area contributed by atoms with E-state index in [2.05, 4.69) is 21.2 Å². The molecule has 86 valence electrons. The van der Waals surface area contributed by atoms with E-state index in [9.17, 15) is 9.59 Å². The maximum atomic E-state index is 11.7. The quantitative estimate of drug-likeness (QED) is 0.892. The van der Waals surface area contributed by atoms with Crippen molar-refractivity contribution in [2.75, 3.05) is 0 Å². The van der Waals surface area contributed by atoms with Gasteiger partial charge in [0.05, 0.1) is 10.6 Å². The lowest BCUT2D eigenvalue weighted by atomic mass is 10.2. The van der Waals surface area contributed by atoms with Crippen molar-refractivity contribution in [3.05, 3.63) is 33.3 Å². The maximum absolute atomic E-state index is 11.7. The Morgan fingerprint density at radius 1 is 1.50 bits per heavy atom. The summed E-state index contributed by atoms with van der Waals surface area (Å²) in [5.74, 6) is -1.03. The number of hydrogen-bond acceptors (Lipinski definition) is 2. The highest BCUT2D eigenvalue weighted by atomic mass is 79.9. The van der Waals surface area contributed by atoms with Crippen LogP contribution >= 0.6 is 27.5 Å². The first-order valence-corrected chi connectivity index (χ1v) is 5.64. The lowest BCUT2D eigenvalue weighted by Crippen LogP contribution is -2.42. The molecule has 3 N–H and O–H groups in total. The van der Waals surface area contributed by atoms with Crippen LogP contribution in [0, 0.1) is 0 Å². The zero-order chi connectivity index (χ0) is 12.3. The molecular formula is C10H10BrClN2O2. The summed E-state index contributed by atoms with van der Waals surface area (Å²) in [4.78, 5) is 22.5. The van der Waals surface area contributed by atoms with E-state index >= 15 is 0 Å². The Morgan fingerprint density at radius 3 is 2.69 bits per heavy atom. The molecule has 1 aromatic carbocycles. The number of primary amides is 1. The van der Waals surface area contributed by atoms with Crippen molar-refractivity contribution in [2.45, 2.75) is 13.0 Å². The fourth-order valence-electron chi connectivity index (χ4n) is 1.02. The molecule has 1 atom stereocenters. The Morgan fingerprint density at radius 2 is 2.12 bits per heavy atom. The van der Waals surface area contributed by atoms with Crippen LogP contribution in [0.25, 0.3) is 0 Å². The van der Waals surface area contributed by atoms with Gasteiger partial charge in [0.15, 0.2) is 0 Å². The molecule has 6 heteroatoms. The van der Waals surface area contributed by atoms with Gasteiger partial charge >= 0.3 is 0 Å². The number of nitrogens with two attached hydrogens (primary N) is 1. The highest BCUT2D eigenvalue weighted by Gasteiger charge is 2.16. The molecule has 2 amide bonds. The second kappa shape index (κ2) is 5.32. The molecular weight excluding hydrogens is 295 g/mol. The van der Waals surface area contributed by atoms with Gasteiger partial charge in [-0.05, 0) is 35.0 Å². The van der Waals surface area contributed by atoms with Gasteiger partial charge in [0.1, 0.15) is 6.04 Å². The largest absolute Gasteiger partial charge is 0.368 e. The van der Waals surface area contributed by atoms with Gasteiger partial charge in [0.25, 0.3) is 5.91 Å². The number of nitrogens with one attached hydrogen (secondary N) is 1. The lowest BCUT2D eigenvalue weighted by Gasteiger charge is -2.11. The van der Waals surface area contributed by atoms with Crippen LogP contribution in [0.1, 0.15) is 17.3 Å². The average molecular weight is 306 g/mol. The predicted octanol–water partition coefficient (Wildman–Crippen LogP) is 1.71. The minimum Gasteiger partial charge on any atom is -0.368 e. The SMILES string of the molecule is C[C@H](NC(=O)c1cccc(Br)c1Cl)C(N)=O. The molecule has 1 aromatic rings. The van der Waals surface area contributed by atoms with Crippen LogP contribution in [0.3, 0.4) is 0 Å². The van der Waals surface area contributed by atoms with Crippen molar-refractivity contribution in [1.82, 2.24) is 5.32 Å². The highest BCUT2D eigenvalue weighted by Crippen LogP contribution is 2.25. The molecule has 0 spiro atoms. The Balaban J connectivity index is 2.89. The normalized spacial score (nSPS) is 11.9. The van der Waals surface area contributed by atoms with Gasteiger partial charge in [0, 0.05) is 4.47 Å². The maximum Gasteiger partial charge on any atom is 0.253 e. The van der Waals surface area contributed by atoms with Crippen molar-refractivity contribution in [2.24, 2.45) is 5.73 Å². The van der Waals surface area contributed by atoms with Gasteiger partial charge in [-0.3, -0.25) is 9.59 Å². The van der Waals surface area contributed by atoms with Crippen LogP contribution in [-0.4, -0.2) is 17.9 Å². The molecule has 0 aliphatic heterocycles. The van der Waals surface area contributed by atoms with E-state index in [-0.39, 0.29) is 0 Å². The number of halogens is 2. The number of carbonyl (C=O) groups excluding carboxylic acids is 2. The first kappa shape index (κ1) is 13.0. The Labute approximate surface area is 106 Å². The number of hydrogen-bond donors (Lipinski definition) is 2. The Bertz CT molecular complexity index is 437. The number of amides is 2. The smallest absolute Gasteiger partial charge is 0.253 e. The molecule has 4 nitrogen and oxygen atoms in total. The van der Waals surface area contributed by atoms with Crippen molar-refractivity contribution in [3.8, 4) is 0 Å². The Kier molecular flexibility index (Phi) is 4.32. The summed E-state index contributed by atoms with van der Waals surface area (Å²) in [5, 5.41) is 2.75. The molecule has 0 aliphatic rings. The molecule has 0 aliphatic carbocycles. The molecule has 0 unspecified atom stereocenters. The third-order valence-corrected chi connectivity index (χ3v) is 3.27. The Hall–Kier alpha value is -1.07. The van der Waals surface area contributed by atoms with Crippen LogP contribution in [0.2, 0.25) is 5.02 Å². The van der Waals surface area contributed by atoms with E-state index in [0.29, 0.717) is 15.1 Å². The zero-order valence-corrected chi connectivity index (χ0v) is 10.8. The first-order chi connectivity index (χ1) is 7.43. The number of benzene rings is 1. The first-order valence-electron chi connectivity index (χ1n) is 4.47. The van der Waals surface area contributed by atoms with E-state index in [4.69, 9.17) is 17.3 Å². The van der Waals surface area contributed by atoms with E-state index < -0.39 is 17.9 Å². The molecule has 16 heavy (non-hydrogen) atoms. The van der Waals surface area contributed by atoms with E-state index in [1.807, 2.05) is 0 Å². The van der Waals surface area contributed by atoms with Crippen molar-refractivity contribution in [1.29, 1.82) is 0 Å². The second-order valence-electron chi connectivity index (χ2n) is 3.20. The minimum absolute atomic E-state index is 0.296. The van der Waals surface area contributed by atoms with Crippen LogP contribution in [0.5, 0.6) is 0 Å². The van der Waals surface area contributed by atoms with Gasteiger partial charge in [-0.15, -0.1) is 0 Å². The summed E-state index contributed by atoms with van der Waals surface area (Å²) < 4.78 is 0.619. The van der Waals surface area contributed by atoms with Gasteiger partial charge < -0.3 is 11.1 Å². The van der Waals surface area contributed by atoms with Crippen molar-refractivity contribution in [3.63, 3.8) is 0 Å². The monoisotopic (exact) mass is 304 g/mol. The van der Waals surface area contributed by atoms with Crippen LogP contribution in [0.15, 0.2) is 22.7 Å². The average Bonchev–Trinajstić information content (AvgIpc) is 2.21. The summed E-state index contributed by atoms with van der Waals surface area (Å²) in [6.45, 7) is 1.51. The molecule has 0 saturated carbocycles. The molecule has 0 radical (unpaired) electrons. The fraction of sp³-hybridized carbons (Fsp3) is 0.200. The summed E-state index contributed by atoms with van der Waals surface area (Å²) in [7, 11) is 0. The predicted molar refractivity (Wildman–Crippen MR) is 65.3 cm³/mol. The molecule has 0 bridgehead atoms. The second-order valence-corrected chi connectivity index (χ2v) is 4.43. The summed E-state index contributed by atoms with van der Waals surface area (Å²) in [6, 6.07) is 4.23. The summed E-state index contributed by atoms with van der Waals surface area (Å²) in [5.41, 5.74) is 5.33.